The number of benzene rings is 1. The Morgan fingerprint density at radius 3 is 2.69 bits per heavy atom. The molecule has 13 heavy (non-hydrogen) atoms. The van der Waals surface area contributed by atoms with Crippen LogP contribution in [-0.2, 0) is 6.42 Å². The summed E-state index contributed by atoms with van der Waals surface area (Å²) in [6.45, 7) is 6.69. The largest absolute Gasteiger partial charge is 0.0626 e. The number of rotatable bonds is 1. The molecule has 1 aromatic carbocycles. The second kappa shape index (κ2) is 3.02. The molecule has 0 nitrogen and oxygen atoms in total. The second-order valence-corrected chi connectivity index (χ2v) is 4.25. The van der Waals surface area contributed by atoms with Crippen molar-refractivity contribution in [1.29, 1.82) is 0 Å². The lowest BCUT2D eigenvalue weighted by atomic mass is 10.0. The van der Waals surface area contributed by atoms with Crippen molar-refractivity contribution < 1.29 is 0 Å². The number of aryl methyl sites for hydroxylation is 1. The molecule has 0 saturated carbocycles. The van der Waals surface area contributed by atoms with Crippen molar-refractivity contribution in [3.05, 3.63) is 40.5 Å². The van der Waals surface area contributed by atoms with Crippen LogP contribution in [0, 0.1) is 12.8 Å². The van der Waals surface area contributed by atoms with Crippen LogP contribution in [0.3, 0.4) is 0 Å². The Labute approximate surface area is 80.3 Å². The lowest BCUT2D eigenvalue weighted by Crippen LogP contribution is -1.92. The zero-order chi connectivity index (χ0) is 9.42. The van der Waals surface area contributed by atoms with Crippen LogP contribution in [0.1, 0.15) is 30.5 Å². The molecule has 2 rings (SSSR count). The average molecular weight is 172 g/mol. The molecule has 1 aliphatic rings. The van der Waals surface area contributed by atoms with E-state index in [1.54, 1.807) is 5.57 Å². The zero-order valence-electron chi connectivity index (χ0n) is 8.59. The molecule has 0 saturated heterocycles. The van der Waals surface area contributed by atoms with Gasteiger partial charge in [0.1, 0.15) is 0 Å². The number of allylic oxidation sites excluding steroid dienone is 1. The van der Waals surface area contributed by atoms with Gasteiger partial charge in [0.2, 0.25) is 0 Å². The van der Waals surface area contributed by atoms with Gasteiger partial charge in [-0.1, -0.05) is 49.3 Å². The Kier molecular flexibility index (Phi) is 1.99. The van der Waals surface area contributed by atoms with E-state index in [-0.39, 0.29) is 0 Å². The van der Waals surface area contributed by atoms with Gasteiger partial charge in [-0.15, -0.1) is 0 Å². The third-order valence-corrected chi connectivity index (χ3v) is 2.78. The van der Waals surface area contributed by atoms with Crippen molar-refractivity contribution in [3.8, 4) is 0 Å². The maximum Gasteiger partial charge on any atom is -0.00553 e. The summed E-state index contributed by atoms with van der Waals surface area (Å²) in [5.74, 6) is 0.688. The summed E-state index contributed by atoms with van der Waals surface area (Å²) in [7, 11) is 0. The van der Waals surface area contributed by atoms with Crippen molar-refractivity contribution in [3.63, 3.8) is 0 Å². The fourth-order valence-corrected chi connectivity index (χ4v) is 1.85. The minimum Gasteiger partial charge on any atom is -0.0626 e. The Morgan fingerprint density at radius 1 is 1.23 bits per heavy atom. The van der Waals surface area contributed by atoms with E-state index in [1.165, 1.54) is 16.7 Å². The van der Waals surface area contributed by atoms with E-state index >= 15 is 0 Å². The fraction of sp³-hybridized carbons (Fsp3) is 0.385. The molecule has 0 atom stereocenters. The lowest BCUT2D eigenvalue weighted by molar-refractivity contribution is 0.754. The van der Waals surface area contributed by atoms with E-state index in [2.05, 4.69) is 45.0 Å². The van der Waals surface area contributed by atoms with Gasteiger partial charge in [0.15, 0.2) is 0 Å². The third kappa shape index (κ3) is 1.53. The van der Waals surface area contributed by atoms with Crippen LogP contribution in [0.4, 0.5) is 0 Å². The molecule has 0 heterocycles. The summed E-state index contributed by atoms with van der Waals surface area (Å²) in [5.41, 5.74) is 5.86. The Hall–Kier alpha value is -1.04. The van der Waals surface area contributed by atoms with Gasteiger partial charge >= 0.3 is 0 Å². The van der Waals surface area contributed by atoms with E-state index in [9.17, 15) is 0 Å². The van der Waals surface area contributed by atoms with Crippen molar-refractivity contribution in [2.45, 2.75) is 27.2 Å². The van der Waals surface area contributed by atoms with E-state index in [0.29, 0.717) is 5.92 Å². The summed E-state index contributed by atoms with van der Waals surface area (Å²) in [5, 5.41) is 0. The highest BCUT2D eigenvalue weighted by Gasteiger charge is 2.14. The minimum atomic E-state index is 0.688. The third-order valence-electron chi connectivity index (χ3n) is 2.78. The minimum absolute atomic E-state index is 0.688. The highest BCUT2D eigenvalue weighted by atomic mass is 14.2. The molecule has 0 N–H and O–H groups in total. The highest BCUT2D eigenvalue weighted by Crippen LogP contribution is 2.29. The van der Waals surface area contributed by atoms with Gasteiger partial charge in [-0.2, -0.15) is 0 Å². The van der Waals surface area contributed by atoms with Gasteiger partial charge in [-0.3, -0.25) is 0 Å². The molecule has 0 unspecified atom stereocenters. The average Bonchev–Trinajstić information content (AvgIpc) is 2.46. The van der Waals surface area contributed by atoms with Crippen LogP contribution in [0.25, 0.3) is 6.08 Å². The van der Waals surface area contributed by atoms with E-state index in [0.717, 1.165) is 6.42 Å². The molecule has 68 valence electrons. The monoisotopic (exact) mass is 172 g/mol. The van der Waals surface area contributed by atoms with Crippen LogP contribution in [0.15, 0.2) is 23.8 Å². The molecule has 0 aromatic heterocycles. The smallest absolute Gasteiger partial charge is 0.00553 e. The van der Waals surface area contributed by atoms with Gasteiger partial charge in [0.25, 0.3) is 0 Å². The number of fused-ring (bicyclic) bond motifs is 1. The van der Waals surface area contributed by atoms with Gasteiger partial charge in [-0.05, 0) is 30.4 Å². The Bertz CT molecular complexity index is 356. The van der Waals surface area contributed by atoms with Gasteiger partial charge in [-0.25, -0.2) is 0 Å². The SMILES string of the molecule is Cc1ccc2c(c1)C=C(C(C)C)C2. The molecular formula is C13H16. The number of hydrogen-bond donors (Lipinski definition) is 0. The van der Waals surface area contributed by atoms with Crippen LogP contribution in [0.2, 0.25) is 0 Å². The number of hydrogen-bond acceptors (Lipinski definition) is 0. The van der Waals surface area contributed by atoms with Gasteiger partial charge < -0.3 is 0 Å². The Morgan fingerprint density at radius 2 is 2.00 bits per heavy atom. The summed E-state index contributed by atoms with van der Waals surface area (Å²) in [6.07, 6.45) is 3.51. The van der Waals surface area contributed by atoms with Crippen LogP contribution in [-0.4, -0.2) is 0 Å². The fourth-order valence-electron chi connectivity index (χ4n) is 1.85. The Balaban J connectivity index is 2.38. The molecule has 0 amide bonds. The summed E-state index contributed by atoms with van der Waals surface area (Å²) < 4.78 is 0. The standard InChI is InChI=1S/C13H16/c1-9(2)12-7-11-5-4-10(3)6-13(11)8-12/h4-6,8-9H,7H2,1-3H3. The van der Waals surface area contributed by atoms with E-state index in [1.807, 2.05) is 0 Å². The molecule has 0 heteroatoms. The van der Waals surface area contributed by atoms with Gasteiger partial charge in [0, 0.05) is 0 Å². The van der Waals surface area contributed by atoms with Crippen molar-refractivity contribution in [1.82, 2.24) is 0 Å². The maximum absolute atomic E-state index is 2.35. The summed E-state index contributed by atoms with van der Waals surface area (Å²) in [6, 6.07) is 6.75. The predicted octanol–water partition coefficient (Wildman–Crippen LogP) is 3.59. The quantitative estimate of drug-likeness (QED) is 0.607. The van der Waals surface area contributed by atoms with Crippen LogP contribution in [0.5, 0.6) is 0 Å². The normalized spacial score (nSPS) is 14.6. The second-order valence-electron chi connectivity index (χ2n) is 4.25. The molecule has 0 bridgehead atoms. The predicted molar refractivity (Wildman–Crippen MR) is 57.7 cm³/mol. The zero-order valence-corrected chi connectivity index (χ0v) is 8.59. The van der Waals surface area contributed by atoms with Crippen LogP contribution < -0.4 is 0 Å². The van der Waals surface area contributed by atoms with Crippen LogP contribution >= 0.6 is 0 Å². The first-order chi connectivity index (χ1) is 6.16. The molecule has 0 aliphatic heterocycles. The lowest BCUT2D eigenvalue weighted by Gasteiger charge is -2.04. The topological polar surface area (TPSA) is 0 Å². The molecular weight excluding hydrogens is 156 g/mol. The first-order valence-corrected chi connectivity index (χ1v) is 4.97. The first kappa shape index (κ1) is 8.55. The van der Waals surface area contributed by atoms with Crippen molar-refractivity contribution >= 4 is 6.08 Å². The summed E-state index contributed by atoms with van der Waals surface area (Å²) in [4.78, 5) is 0. The molecule has 0 spiro atoms. The molecule has 1 aromatic rings. The molecule has 1 aliphatic carbocycles. The molecule has 0 radical (unpaired) electrons. The van der Waals surface area contributed by atoms with E-state index in [4.69, 9.17) is 0 Å². The highest BCUT2D eigenvalue weighted by molar-refractivity contribution is 5.64. The van der Waals surface area contributed by atoms with Crippen molar-refractivity contribution in [2.75, 3.05) is 0 Å². The first-order valence-electron chi connectivity index (χ1n) is 4.97. The van der Waals surface area contributed by atoms with Crippen molar-refractivity contribution in [2.24, 2.45) is 5.92 Å². The summed E-state index contributed by atoms with van der Waals surface area (Å²) >= 11 is 0. The van der Waals surface area contributed by atoms with Gasteiger partial charge in [0.05, 0.1) is 0 Å². The molecule has 0 fully saturated rings. The van der Waals surface area contributed by atoms with E-state index < -0.39 is 0 Å². The maximum atomic E-state index is 2.35.